The van der Waals surface area contributed by atoms with E-state index in [1.807, 2.05) is 67.6 Å². The number of hydrogen-bond donors (Lipinski definition) is 1. The highest BCUT2D eigenvalue weighted by Crippen LogP contribution is 2.13. The molecule has 0 saturated carbocycles. The Morgan fingerprint density at radius 3 is 1.74 bits per heavy atom. The summed E-state index contributed by atoms with van der Waals surface area (Å²) in [5.74, 6) is 1.60. The van der Waals surface area contributed by atoms with E-state index in [-0.39, 0.29) is 18.8 Å². The highest BCUT2D eigenvalue weighted by Gasteiger charge is 2.15. The quantitative estimate of drug-likeness (QED) is 0.730. The van der Waals surface area contributed by atoms with Crippen LogP contribution < -0.4 is 9.47 Å². The van der Waals surface area contributed by atoms with Gasteiger partial charge in [-0.15, -0.1) is 0 Å². The largest absolute Gasteiger partial charge is 0.491 e. The molecule has 4 heteroatoms. The minimum atomic E-state index is -0.211. The summed E-state index contributed by atoms with van der Waals surface area (Å²) < 4.78 is 17.5. The minimum Gasteiger partial charge on any atom is -0.491 e. The maximum absolute atomic E-state index is 9.02. The maximum Gasteiger partial charge on any atom is 0.126 e. The van der Waals surface area contributed by atoms with Gasteiger partial charge in [0.15, 0.2) is 0 Å². The van der Waals surface area contributed by atoms with E-state index in [4.69, 9.17) is 19.3 Å². The number of benzene rings is 2. The molecule has 0 aliphatic rings. The van der Waals surface area contributed by atoms with Crippen LogP contribution in [0, 0.1) is 0 Å². The van der Waals surface area contributed by atoms with E-state index in [0.29, 0.717) is 19.6 Å². The molecule has 1 N–H and O–H groups in total. The van der Waals surface area contributed by atoms with Gasteiger partial charge in [-0.05, 0) is 37.6 Å². The fourth-order valence-corrected chi connectivity index (χ4v) is 2.12. The molecular weight excluding hydrogens is 292 g/mol. The molecule has 0 aromatic heterocycles. The van der Waals surface area contributed by atoms with Crippen LogP contribution in [0.5, 0.6) is 11.5 Å². The molecule has 0 aliphatic heterocycles. The molecule has 0 radical (unpaired) electrons. The lowest BCUT2D eigenvalue weighted by Crippen LogP contribution is -2.32. The SMILES string of the molecule is CC(CCO)OC(COc1ccccc1)COc1ccccc1. The van der Waals surface area contributed by atoms with Gasteiger partial charge in [-0.1, -0.05) is 36.4 Å². The number of para-hydroxylation sites is 2. The van der Waals surface area contributed by atoms with Crippen molar-refractivity contribution in [1.29, 1.82) is 0 Å². The number of aliphatic hydroxyl groups is 1. The van der Waals surface area contributed by atoms with Crippen molar-refractivity contribution in [2.45, 2.75) is 25.6 Å². The number of rotatable bonds is 10. The smallest absolute Gasteiger partial charge is 0.126 e. The Labute approximate surface area is 137 Å². The first-order chi connectivity index (χ1) is 11.3. The zero-order valence-electron chi connectivity index (χ0n) is 13.4. The van der Waals surface area contributed by atoms with Crippen LogP contribution in [0.2, 0.25) is 0 Å². The van der Waals surface area contributed by atoms with E-state index in [1.165, 1.54) is 0 Å². The molecule has 0 fully saturated rings. The molecule has 0 amide bonds. The molecule has 0 spiro atoms. The topological polar surface area (TPSA) is 47.9 Å². The van der Waals surface area contributed by atoms with Gasteiger partial charge in [0.2, 0.25) is 0 Å². The minimum absolute atomic E-state index is 0.0521. The predicted molar refractivity (Wildman–Crippen MR) is 89.9 cm³/mol. The van der Waals surface area contributed by atoms with Crippen molar-refractivity contribution in [3.05, 3.63) is 60.7 Å². The Balaban J connectivity index is 1.88. The molecule has 1 atom stereocenters. The van der Waals surface area contributed by atoms with Crippen molar-refractivity contribution in [1.82, 2.24) is 0 Å². The summed E-state index contributed by atoms with van der Waals surface area (Å²) in [5.41, 5.74) is 0. The third-order valence-electron chi connectivity index (χ3n) is 3.32. The number of hydrogen-bond acceptors (Lipinski definition) is 4. The average Bonchev–Trinajstić information content (AvgIpc) is 2.59. The van der Waals surface area contributed by atoms with Gasteiger partial charge >= 0.3 is 0 Å². The molecule has 2 aromatic carbocycles. The van der Waals surface area contributed by atoms with E-state index < -0.39 is 0 Å². The monoisotopic (exact) mass is 316 g/mol. The second-order valence-electron chi connectivity index (χ2n) is 5.33. The summed E-state index contributed by atoms with van der Waals surface area (Å²) in [6.07, 6.45) is 0.327. The van der Waals surface area contributed by atoms with Crippen molar-refractivity contribution in [3.8, 4) is 11.5 Å². The second-order valence-corrected chi connectivity index (χ2v) is 5.33. The molecular formula is C19H24O4. The van der Waals surface area contributed by atoms with Gasteiger partial charge in [0, 0.05) is 6.61 Å². The zero-order chi connectivity index (χ0) is 16.3. The molecule has 1 unspecified atom stereocenters. The Morgan fingerprint density at radius 1 is 0.826 bits per heavy atom. The zero-order valence-corrected chi connectivity index (χ0v) is 13.4. The summed E-state index contributed by atoms with van der Waals surface area (Å²) in [4.78, 5) is 0. The van der Waals surface area contributed by atoms with Crippen LogP contribution in [0.3, 0.4) is 0 Å². The van der Waals surface area contributed by atoms with Crippen molar-refractivity contribution in [3.63, 3.8) is 0 Å². The van der Waals surface area contributed by atoms with Gasteiger partial charge in [-0.25, -0.2) is 0 Å². The molecule has 0 saturated heterocycles. The summed E-state index contributed by atoms with van der Waals surface area (Å²) in [6.45, 7) is 2.83. The van der Waals surface area contributed by atoms with Gasteiger partial charge in [0.1, 0.15) is 30.8 Å². The second kappa shape index (κ2) is 9.87. The van der Waals surface area contributed by atoms with Gasteiger partial charge in [0.05, 0.1) is 6.10 Å². The first-order valence-electron chi connectivity index (χ1n) is 7.90. The summed E-state index contributed by atoms with van der Waals surface area (Å²) in [6, 6.07) is 19.3. The number of ether oxygens (including phenoxy) is 3. The van der Waals surface area contributed by atoms with Crippen LogP contribution in [-0.2, 0) is 4.74 Å². The number of aliphatic hydroxyl groups excluding tert-OH is 1. The summed E-state index contributed by atoms with van der Waals surface area (Å²) in [5, 5.41) is 9.02. The molecule has 0 aliphatic carbocycles. The first-order valence-corrected chi connectivity index (χ1v) is 7.90. The Bertz CT molecular complexity index is 486. The summed E-state index contributed by atoms with van der Waals surface area (Å²) >= 11 is 0. The van der Waals surface area contributed by atoms with Crippen LogP contribution in [0.4, 0.5) is 0 Å². The Kier molecular flexibility index (Phi) is 7.43. The van der Waals surface area contributed by atoms with Crippen molar-refractivity contribution < 1.29 is 19.3 Å². The molecule has 4 nitrogen and oxygen atoms in total. The summed E-state index contributed by atoms with van der Waals surface area (Å²) in [7, 11) is 0. The van der Waals surface area contributed by atoms with E-state index in [9.17, 15) is 0 Å². The Hall–Kier alpha value is -2.04. The third kappa shape index (κ3) is 6.72. The van der Waals surface area contributed by atoms with E-state index in [1.54, 1.807) is 0 Å². The molecule has 2 rings (SSSR count). The van der Waals surface area contributed by atoms with Gasteiger partial charge in [-0.2, -0.15) is 0 Å². The highest BCUT2D eigenvalue weighted by atomic mass is 16.6. The standard InChI is InChI=1S/C19H24O4/c1-16(12-13-20)23-19(14-21-17-8-4-2-5-9-17)15-22-18-10-6-3-7-11-18/h2-11,16,19-20H,12-15H2,1H3. The Morgan fingerprint density at radius 2 is 1.30 bits per heavy atom. The van der Waals surface area contributed by atoms with Crippen LogP contribution in [0.15, 0.2) is 60.7 Å². The van der Waals surface area contributed by atoms with Gasteiger partial charge < -0.3 is 19.3 Å². The lowest BCUT2D eigenvalue weighted by molar-refractivity contribution is -0.0531. The van der Waals surface area contributed by atoms with Crippen LogP contribution in [0.1, 0.15) is 13.3 Å². The average molecular weight is 316 g/mol. The lowest BCUT2D eigenvalue weighted by Gasteiger charge is -2.22. The third-order valence-corrected chi connectivity index (χ3v) is 3.32. The van der Waals surface area contributed by atoms with E-state index in [2.05, 4.69) is 0 Å². The molecule has 0 heterocycles. The molecule has 124 valence electrons. The predicted octanol–water partition coefficient (Wildman–Crippen LogP) is 3.30. The van der Waals surface area contributed by atoms with Crippen molar-refractivity contribution in [2.24, 2.45) is 0 Å². The van der Waals surface area contributed by atoms with Crippen molar-refractivity contribution in [2.75, 3.05) is 19.8 Å². The fourth-order valence-electron chi connectivity index (χ4n) is 2.12. The normalized spacial score (nSPS) is 12.1. The molecule has 2 aromatic rings. The lowest BCUT2D eigenvalue weighted by atomic mass is 10.3. The van der Waals surface area contributed by atoms with Crippen LogP contribution in [0.25, 0.3) is 0 Å². The van der Waals surface area contributed by atoms with Crippen LogP contribution in [-0.4, -0.2) is 37.1 Å². The van der Waals surface area contributed by atoms with Crippen molar-refractivity contribution >= 4 is 0 Å². The maximum atomic E-state index is 9.02. The first kappa shape index (κ1) is 17.3. The molecule has 23 heavy (non-hydrogen) atoms. The van der Waals surface area contributed by atoms with E-state index >= 15 is 0 Å². The van der Waals surface area contributed by atoms with Crippen LogP contribution >= 0.6 is 0 Å². The van der Waals surface area contributed by atoms with Gasteiger partial charge in [-0.3, -0.25) is 0 Å². The van der Waals surface area contributed by atoms with E-state index in [0.717, 1.165) is 11.5 Å². The highest BCUT2D eigenvalue weighted by molar-refractivity contribution is 5.21. The van der Waals surface area contributed by atoms with Gasteiger partial charge in [0.25, 0.3) is 0 Å². The fraction of sp³-hybridized carbons (Fsp3) is 0.368. The molecule has 0 bridgehead atoms.